The highest BCUT2D eigenvalue weighted by molar-refractivity contribution is 7.98. The van der Waals surface area contributed by atoms with E-state index in [1.54, 1.807) is 6.26 Å². The molecule has 0 amide bonds. The summed E-state index contributed by atoms with van der Waals surface area (Å²) in [5.74, 6) is 3.90. The van der Waals surface area contributed by atoms with Crippen LogP contribution in [-0.4, -0.2) is 18.8 Å². The summed E-state index contributed by atoms with van der Waals surface area (Å²) in [7, 11) is 2.03. The van der Waals surface area contributed by atoms with Crippen molar-refractivity contribution in [3.8, 4) is 0 Å². The third kappa shape index (κ3) is 3.92. The van der Waals surface area contributed by atoms with E-state index in [0.29, 0.717) is 12.0 Å². The van der Waals surface area contributed by atoms with Crippen LogP contribution in [0.1, 0.15) is 25.2 Å². The Kier molecular flexibility index (Phi) is 5.26. The van der Waals surface area contributed by atoms with Gasteiger partial charge in [0.2, 0.25) is 0 Å². The Morgan fingerprint density at radius 3 is 2.67 bits per heavy atom. The van der Waals surface area contributed by atoms with Crippen molar-refractivity contribution in [1.29, 1.82) is 0 Å². The van der Waals surface area contributed by atoms with Crippen molar-refractivity contribution in [3.05, 3.63) is 23.7 Å². The number of nitrogens with one attached hydrogen (secondary N) is 1. The summed E-state index contributed by atoms with van der Waals surface area (Å²) in [5, 5.41) is 3.34. The molecule has 2 nitrogen and oxygen atoms in total. The largest absolute Gasteiger partial charge is 0.468 e. The van der Waals surface area contributed by atoms with Crippen LogP contribution >= 0.6 is 11.8 Å². The molecule has 0 spiro atoms. The summed E-state index contributed by atoms with van der Waals surface area (Å²) >= 11 is 1.93. The van der Waals surface area contributed by atoms with Gasteiger partial charge in [-0.2, -0.15) is 11.8 Å². The van der Waals surface area contributed by atoms with E-state index in [0.717, 1.165) is 17.3 Å². The average molecular weight is 227 g/mol. The summed E-state index contributed by atoms with van der Waals surface area (Å²) in [6, 6.07) is 2.61. The van der Waals surface area contributed by atoms with Gasteiger partial charge in [0.1, 0.15) is 5.76 Å². The summed E-state index contributed by atoms with van der Waals surface area (Å²) in [6.45, 7) is 6.59. The minimum absolute atomic E-state index is 0.588. The van der Waals surface area contributed by atoms with Crippen molar-refractivity contribution >= 4 is 11.8 Å². The molecule has 0 saturated heterocycles. The lowest BCUT2D eigenvalue weighted by atomic mass is 10.1. The molecule has 1 aromatic rings. The lowest BCUT2D eigenvalue weighted by molar-refractivity contribution is 0.465. The van der Waals surface area contributed by atoms with Crippen LogP contribution in [0.25, 0.3) is 0 Å². The van der Waals surface area contributed by atoms with Gasteiger partial charge in [-0.05, 0) is 31.5 Å². The summed E-state index contributed by atoms with van der Waals surface area (Å²) < 4.78 is 5.40. The maximum Gasteiger partial charge on any atom is 0.116 e. The monoisotopic (exact) mass is 227 g/mol. The fourth-order valence-corrected chi connectivity index (χ4v) is 2.84. The van der Waals surface area contributed by atoms with Gasteiger partial charge >= 0.3 is 0 Å². The second-order valence-electron chi connectivity index (χ2n) is 4.18. The Morgan fingerprint density at radius 2 is 2.20 bits per heavy atom. The van der Waals surface area contributed by atoms with E-state index < -0.39 is 0 Å². The van der Waals surface area contributed by atoms with Gasteiger partial charge in [-0.25, -0.2) is 0 Å². The Labute approximate surface area is 96.8 Å². The van der Waals surface area contributed by atoms with Gasteiger partial charge in [0.25, 0.3) is 0 Å². The van der Waals surface area contributed by atoms with Gasteiger partial charge in [-0.15, -0.1) is 0 Å². The fourth-order valence-electron chi connectivity index (χ4n) is 1.44. The lowest BCUT2D eigenvalue weighted by Gasteiger charge is -2.19. The smallest absolute Gasteiger partial charge is 0.116 e. The molecule has 1 atom stereocenters. The van der Waals surface area contributed by atoms with Crippen molar-refractivity contribution < 1.29 is 4.42 Å². The summed E-state index contributed by atoms with van der Waals surface area (Å²) in [4.78, 5) is 0. The van der Waals surface area contributed by atoms with Crippen LogP contribution in [-0.2, 0) is 5.75 Å². The normalized spacial score (nSPS) is 13.4. The standard InChI is InChI=1S/C12H21NOS/c1-9(2)11(13-4)7-15-8-12-10(3)5-6-14-12/h5-6,9,11,13H,7-8H2,1-4H3. The molecule has 1 aromatic heterocycles. The van der Waals surface area contributed by atoms with Gasteiger partial charge in [-0.3, -0.25) is 0 Å². The number of thioether (sulfide) groups is 1. The van der Waals surface area contributed by atoms with Crippen LogP contribution in [0.3, 0.4) is 0 Å². The first-order valence-electron chi connectivity index (χ1n) is 5.43. The third-order valence-corrected chi connectivity index (χ3v) is 3.74. The second kappa shape index (κ2) is 6.23. The molecule has 0 aliphatic heterocycles. The molecule has 3 heteroatoms. The minimum Gasteiger partial charge on any atom is -0.468 e. The van der Waals surface area contributed by atoms with Crippen molar-refractivity contribution in [2.75, 3.05) is 12.8 Å². The zero-order chi connectivity index (χ0) is 11.3. The molecule has 1 N–H and O–H groups in total. The second-order valence-corrected chi connectivity index (χ2v) is 5.21. The molecule has 0 bridgehead atoms. The number of hydrogen-bond acceptors (Lipinski definition) is 3. The van der Waals surface area contributed by atoms with Crippen LogP contribution in [0.5, 0.6) is 0 Å². The van der Waals surface area contributed by atoms with Gasteiger partial charge in [0.05, 0.1) is 12.0 Å². The SMILES string of the molecule is CNC(CSCc1occc1C)C(C)C. The maximum atomic E-state index is 5.40. The third-order valence-electron chi connectivity index (χ3n) is 2.67. The van der Waals surface area contributed by atoms with Crippen molar-refractivity contribution in [3.63, 3.8) is 0 Å². The van der Waals surface area contributed by atoms with Gasteiger partial charge in [-0.1, -0.05) is 13.8 Å². The molecule has 1 unspecified atom stereocenters. The average Bonchev–Trinajstić information content (AvgIpc) is 2.58. The first kappa shape index (κ1) is 12.7. The van der Waals surface area contributed by atoms with E-state index in [1.165, 1.54) is 5.56 Å². The van der Waals surface area contributed by atoms with E-state index in [4.69, 9.17) is 4.42 Å². The molecule has 0 aromatic carbocycles. The molecule has 15 heavy (non-hydrogen) atoms. The van der Waals surface area contributed by atoms with E-state index >= 15 is 0 Å². The highest BCUT2D eigenvalue weighted by atomic mass is 32.2. The van der Waals surface area contributed by atoms with Crippen LogP contribution in [0.2, 0.25) is 0 Å². The number of furan rings is 1. The van der Waals surface area contributed by atoms with E-state index in [1.807, 2.05) is 24.9 Å². The minimum atomic E-state index is 0.588. The van der Waals surface area contributed by atoms with Gasteiger partial charge in [0, 0.05) is 11.8 Å². The van der Waals surface area contributed by atoms with Crippen LogP contribution in [0.4, 0.5) is 0 Å². The topological polar surface area (TPSA) is 25.2 Å². The molecular weight excluding hydrogens is 206 g/mol. The Hall–Kier alpha value is -0.410. The molecule has 1 rings (SSSR count). The molecule has 0 aliphatic rings. The molecule has 0 fully saturated rings. The lowest BCUT2D eigenvalue weighted by Crippen LogP contribution is -2.32. The van der Waals surface area contributed by atoms with Crippen molar-refractivity contribution in [2.24, 2.45) is 5.92 Å². The summed E-state index contributed by atoms with van der Waals surface area (Å²) in [5.41, 5.74) is 1.26. The molecule has 86 valence electrons. The first-order chi connectivity index (χ1) is 7.15. The number of hydrogen-bond donors (Lipinski definition) is 1. The van der Waals surface area contributed by atoms with Gasteiger partial charge in [0.15, 0.2) is 0 Å². The Morgan fingerprint density at radius 1 is 1.47 bits per heavy atom. The van der Waals surface area contributed by atoms with Crippen LogP contribution < -0.4 is 5.32 Å². The quantitative estimate of drug-likeness (QED) is 0.808. The maximum absolute atomic E-state index is 5.40. The Balaban J connectivity index is 2.29. The number of aryl methyl sites for hydroxylation is 1. The van der Waals surface area contributed by atoms with E-state index in [2.05, 4.69) is 26.1 Å². The Bertz CT molecular complexity index is 283. The highest BCUT2D eigenvalue weighted by Gasteiger charge is 2.11. The van der Waals surface area contributed by atoms with Gasteiger partial charge < -0.3 is 9.73 Å². The zero-order valence-electron chi connectivity index (χ0n) is 10.0. The molecular formula is C12H21NOS. The van der Waals surface area contributed by atoms with Crippen molar-refractivity contribution in [2.45, 2.75) is 32.6 Å². The first-order valence-corrected chi connectivity index (χ1v) is 6.58. The molecule has 0 radical (unpaired) electrons. The molecule has 0 saturated carbocycles. The van der Waals surface area contributed by atoms with Crippen LogP contribution in [0, 0.1) is 12.8 Å². The zero-order valence-corrected chi connectivity index (χ0v) is 10.9. The predicted molar refractivity (Wildman–Crippen MR) is 67.3 cm³/mol. The molecule has 1 heterocycles. The van der Waals surface area contributed by atoms with Crippen LogP contribution in [0.15, 0.2) is 16.7 Å². The molecule has 0 aliphatic carbocycles. The van der Waals surface area contributed by atoms with Crippen molar-refractivity contribution in [1.82, 2.24) is 5.32 Å². The summed E-state index contributed by atoms with van der Waals surface area (Å²) in [6.07, 6.45) is 1.77. The fraction of sp³-hybridized carbons (Fsp3) is 0.667. The number of rotatable bonds is 6. The van der Waals surface area contributed by atoms with E-state index in [-0.39, 0.29) is 0 Å². The predicted octanol–water partition coefficient (Wildman–Crippen LogP) is 3.07. The van der Waals surface area contributed by atoms with E-state index in [9.17, 15) is 0 Å². The highest BCUT2D eigenvalue weighted by Crippen LogP contribution is 2.19.